The Hall–Kier alpha value is -2.78. The first-order valence-electron chi connectivity index (χ1n) is 15.1. The van der Waals surface area contributed by atoms with Crippen molar-refractivity contribution < 1.29 is 18.0 Å². The number of hydrogen-bond donors (Lipinski definition) is 1. The first-order chi connectivity index (χ1) is 20.9. The van der Waals surface area contributed by atoms with Gasteiger partial charge < -0.3 is 15.5 Å². The number of benzene rings is 3. The minimum atomic E-state index is -4.45. The maximum atomic E-state index is 14.1. The molecule has 2 aliphatic rings. The van der Waals surface area contributed by atoms with Crippen LogP contribution in [0, 0.1) is 11.8 Å². The summed E-state index contributed by atoms with van der Waals surface area (Å²) >= 11 is 12.8. The van der Waals surface area contributed by atoms with E-state index in [0.717, 1.165) is 18.2 Å². The quantitative estimate of drug-likeness (QED) is 0.274. The summed E-state index contributed by atoms with van der Waals surface area (Å²) in [7, 11) is 0. The molecule has 2 aliphatic heterocycles. The molecule has 44 heavy (non-hydrogen) atoms. The third kappa shape index (κ3) is 7.53. The zero-order valence-electron chi connectivity index (χ0n) is 25.0. The number of nitrogens with zero attached hydrogens (tertiary/aromatic N) is 3. The molecule has 3 atom stereocenters. The number of alkyl halides is 3. The standard InChI is InChI=1S/C34H39Cl2F3N4O/c1-22(2)16-31(40)27-17-24(34(37,38)39)8-11-32(27)42-12-14-43(15-13-42)33(44)29-21-41(19-23-6-4-3-5-7-23)20-28(29)26-10-9-25(35)18-30(26)36/h3-11,17-18,22,28-29,31H,12-16,19-21,40H2,1-2H3/t28-,29+,31+/m1/s1. The molecule has 2 heterocycles. The van der Waals surface area contributed by atoms with E-state index in [1.54, 1.807) is 6.07 Å². The molecule has 3 aromatic carbocycles. The van der Waals surface area contributed by atoms with Crippen molar-refractivity contribution in [3.05, 3.63) is 99.0 Å². The van der Waals surface area contributed by atoms with Crippen molar-refractivity contribution in [3.63, 3.8) is 0 Å². The second-order valence-corrected chi connectivity index (χ2v) is 13.2. The lowest BCUT2D eigenvalue weighted by atomic mass is 9.87. The Kier molecular flexibility index (Phi) is 10.1. The fourth-order valence-electron chi connectivity index (χ4n) is 6.58. The lowest BCUT2D eigenvalue weighted by molar-refractivity contribution is -0.138. The van der Waals surface area contributed by atoms with Crippen LogP contribution >= 0.6 is 23.2 Å². The fraction of sp³-hybridized carbons (Fsp3) is 0.441. The molecule has 0 unspecified atom stereocenters. The van der Waals surface area contributed by atoms with Crippen LogP contribution in [0.2, 0.25) is 10.0 Å². The van der Waals surface area contributed by atoms with Crippen LogP contribution in [-0.4, -0.2) is 55.0 Å². The summed E-state index contributed by atoms with van der Waals surface area (Å²) in [5.74, 6) is -0.0770. The molecule has 5 nitrogen and oxygen atoms in total. The number of nitrogens with two attached hydrogens (primary N) is 1. The summed E-state index contributed by atoms with van der Waals surface area (Å²) in [4.78, 5) is 20.4. The number of halogens is 5. The van der Waals surface area contributed by atoms with Crippen LogP contribution in [0.25, 0.3) is 0 Å². The molecule has 0 spiro atoms. The van der Waals surface area contributed by atoms with Crippen molar-refractivity contribution in [2.24, 2.45) is 17.6 Å². The topological polar surface area (TPSA) is 52.8 Å². The predicted octanol–water partition coefficient (Wildman–Crippen LogP) is 7.62. The number of rotatable bonds is 8. The molecule has 2 N–H and O–H groups in total. The van der Waals surface area contributed by atoms with Gasteiger partial charge in [-0.1, -0.05) is 73.4 Å². The first kappa shape index (κ1) is 32.6. The Morgan fingerprint density at radius 2 is 1.66 bits per heavy atom. The van der Waals surface area contributed by atoms with E-state index in [4.69, 9.17) is 28.9 Å². The second-order valence-electron chi connectivity index (χ2n) is 12.4. The highest BCUT2D eigenvalue weighted by molar-refractivity contribution is 6.35. The number of piperazine rings is 1. The van der Waals surface area contributed by atoms with Crippen molar-refractivity contribution in [1.82, 2.24) is 9.80 Å². The van der Waals surface area contributed by atoms with Gasteiger partial charge in [0.15, 0.2) is 0 Å². The molecule has 5 rings (SSSR count). The van der Waals surface area contributed by atoms with Gasteiger partial charge in [-0.2, -0.15) is 13.2 Å². The highest BCUT2D eigenvalue weighted by Crippen LogP contribution is 2.40. The molecule has 0 aliphatic carbocycles. The first-order valence-corrected chi connectivity index (χ1v) is 15.9. The molecule has 0 saturated carbocycles. The van der Waals surface area contributed by atoms with E-state index < -0.39 is 17.8 Å². The van der Waals surface area contributed by atoms with Crippen molar-refractivity contribution in [2.75, 3.05) is 44.2 Å². The maximum absolute atomic E-state index is 14.1. The average Bonchev–Trinajstić information content (AvgIpc) is 3.39. The zero-order valence-corrected chi connectivity index (χ0v) is 26.5. The molecule has 236 valence electrons. The monoisotopic (exact) mass is 646 g/mol. The largest absolute Gasteiger partial charge is 0.416 e. The summed E-state index contributed by atoms with van der Waals surface area (Å²) in [6, 6.07) is 19.0. The Labute approximate surface area is 267 Å². The Morgan fingerprint density at radius 1 is 0.955 bits per heavy atom. The third-order valence-electron chi connectivity index (χ3n) is 8.74. The number of carbonyl (C=O) groups excluding carboxylic acids is 1. The number of likely N-dealkylation sites (tertiary alicyclic amines) is 1. The second kappa shape index (κ2) is 13.7. The van der Waals surface area contributed by atoms with E-state index >= 15 is 0 Å². The minimum absolute atomic E-state index is 0.0698. The Morgan fingerprint density at radius 3 is 2.30 bits per heavy atom. The fourth-order valence-corrected chi connectivity index (χ4v) is 7.13. The van der Waals surface area contributed by atoms with E-state index in [9.17, 15) is 18.0 Å². The summed E-state index contributed by atoms with van der Waals surface area (Å²) in [6.45, 7) is 7.98. The van der Waals surface area contributed by atoms with Gasteiger partial charge in [0, 0.05) is 73.5 Å². The van der Waals surface area contributed by atoms with E-state index in [1.807, 2.05) is 49.1 Å². The van der Waals surface area contributed by atoms with Gasteiger partial charge in [0.2, 0.25) is 5.91 Å². The molecule has 2 saturated heterocycles. The van der Waals surface area contributed by atoms with Gasteiger partial charge in [-0.25, -0.2) is 0 Å². The summed E-state index contributed by atoms with van der Waals surface area (Å²) in [6.07, 6.45) is -3.88. The molecule has 0 radical (unpaired) electrons. The van der Waals surface area contributed by atoms with E-state index in [0.29, 0.717) is 67.0 Å². The Balaban J connectivity index is 1.34. The van der Waals surface area contributed by atoms with Crippen LogP contribution in [0.4, 0.5) is 18.9 Å². The highest BCUT2D eigenvalue weighted by atomic mass is 35.5. The van der Waals surface area contributed by atoms with Gasteiger partial charge in [-0.05, 0) is 59.4 Å². The minimum Gasteiger partial charge on any atom is -0.368 e. The van der Waals surface area contributed by atoms with Crippen LogP contribution in [0.3, 0.4) is 0 Å². The molecule has 3 aromatic rings. The molecular formula is C34H39Cl2F3N4O. The lowest BCUT2D eigenvalue weighted by Gasteiger charge is -2.39. The number of hydrogen-bond acceptors (Lipinski definition) is 4. The average molecular weight is 648 g/mol. The molecule has 0 aromatic heterocycles. The van der Waals surface area contributed by atoms with Crippen LogP contribution in [0.1, 0.15) is 54.5 Å². The predicted molar refractivity (Wildman–Crippen MR) is 171 cm³/mol. The van der Waals surface area contributed by atoms with Gasteiger partial charge in [-0.15, -0.1) is 0 Å². The van der Waals surface area contributed by atoms with Gasteiger partial charge in [0.1, 0.15) is 0 Å². The van der Waals surface area contributed by atoms with Gasteiger partial charge in [0.05, 0.1) is 11.5 Å². The van der Waals surface area contributed by atoms with E-state index in [1.165, 1.54) is 17.7 Å². The third-order valence-corrected chi connectivity index (χ3v) is 9.30. The number of amides is 1. The molecule has 10 heteroatoms. The van der Waals surface area contributed by atoms with Crippen molar-refractivity contribution >= 4 is 34.8 Å². The molecule has 2 fully saturated rings. The van der Waals surface area contributed by atoms with Gasteiger partial charge in [-0.3, -0.25) is 9.69 Å². The van der Waals surface area contributed by atoms with Gasteiger partial charge >= 0.3 is 6.18 Å². The van der Waals surface area contributed by atoms with Crippen molar-refractivity contribution in [2.45, 2.75) is 44.9 Å². The lowest BCUT2D eigenvalue weighted by Crippen LogP contribution is -2.51. The van der Waals surface area contributed by atoms with E-state index in [2.05, 4.69) is 21.9 Å². The summed E-state index contributed by atoms with van der Waals surface area (Å²) in [5.41, 5.74) is 9.05. The Bertz CT molecular complexity index is 1440. The van der Waals surface area contributed by atoms with E-state index in [-0.39, 0.29) is 23.7 Å². The van der Waals surface area contributed by atoms with Crippen molar-refractivity contribution in [3.8, 4) is 0 Å². The summed E-state index contributed by atoms with van der Waals surface area (Å²) < 4.78 is 40.8. The summed E-state index contributed by atoms with van der Waals surface area (Å²) in [5, 5.41) is 1.10. The van der Waals surface area contributed by atoms with Crippen LogP contribution in [0.5, 0.6) is 0 Å². The molecule has 1 amide bonds. The van der Waals surface area contributed by atoms with Gasteiger partial charge in [0.25, 0.3) is 0 Å². The molecule has 0 bridgehead atoms. The van der Waals surface area contributed by atoms with Crippen LogP contribution in [-0.2, 0) is 17.5 Å². The van der Waals surface area contributed by atoms with Crippen LogP contribution in [0.15, 0.2) is 66.7 Å². The van der Waals surface area contributed by atoms with Crippen LogP contribution < -0.4 is 10.6 Å². The number of anilines is 1. The van der Waals surface area contributed by atoms with Crippen molar-refractivity contribution in [1.29, 1.82) is 0 Å². The molecular weight excluding hydrogens is 608 g/mol. The zero-order chi connectivity index (χ0) is 31.6. The maximum Gasteiger partial charge on any atom is 0.416 e. The normalized spacial score (nSPS) is 20.4. The SMILES string of the molecule is CC(C)C[C@H](N)c1cc(C(F)(F)F)ccc1N1CCN(C(=O)[C@H]2CN(Cc3ccccc3)C[C@@H]2c2ccc(Cl)cc2Cl)CC1. The highest BCUT2D eigenvalue weighted by Gasteiger charge is 2.42. The number of carbonyl (C=O) groups is 1. The smallest absolute Gasteiger partial charge is 0.368 e.